The Bertz CT molecular complexity index is 602. The first-order valence-corrected chi connectivity index (χ1v) is 8.45. The normalized spacial score (nSPS) is 13.6. The highest BCUT2D eigenvalue weighted by molar-refractivity contribution is 14.1. The molecule has 0 radical (unpaired) electrons. The van der Waals surface area contributed by atoms with Crippen LogP contribution in [0.25, 0.3) is 0 Å². The van der Waals surface area contributed by atoms with E-state index in [9.17, 15) is 4.79 Å². The number of amides is 1. The second kappa shape index (κ2) is 6.72. The van der Waals surface area contributed by atoms with E-state index in [1.54, 1.807) is 0 Å². The third-order valence-corrected chi connectivity index (χ3v) is 4.95. The van der Waals surface area contributed by atoms with Crippen molar-refractivity contribution < 1.29 is 4.79 Å². The zero-order valence-corrected chi connectivity index (χ0v) is 14.8. The Morgan fingerprint density at radius 1 is 1.20 bits per heavy atom. The standard InChI is InChI=1S/C16H15BrINO/c1-16(11-17,13-7-3-2-4-8-13)19-15(20)12-6-5-9-14(18)10-12/h2-10H,11H2,1H3,(H,19,20). The SMILES string of the molecule is CC(CBr)(NC(=O)c1cccc(I)c1)c1ccccc1. The minimum Gasteiger partial charge on any atom is -0.342 e. The van der Waals surface area contributed by atoms with Gasteiger partial charge in [-0.1, -0.05) is 52.3 Å². The molecular formula is C16H15BrINO. The number of nitrogens with one attached hydrogen (secondary N) is 1. The highest BCUT2D eigenvalue weighted by atomic mass is 127. The summed E-state index contributed by atoms with van der Waals surface area (Å²) in [5.74, 6) is -0.0608. The first-order valence-electron chi connectivity index (χ1n) is 6.25. The number of halogens is 2. The molecule has 2 rings (SSSR count). The first-order chi connectivity index (χ1) is 9.55. The second-order valence-corrected chi connectivity index (χ2v) is 6.60. The summed E-state index contributed by atoms with van der Waals surface area (Å²) in [4.78, 5) is 12.4. The highest BCUT2D eigenvalue weighted by Gasteiger charge is 2.27. The average molecular weight is 444 g/mol. The fourth-order valence-electron chi connectivity index (χ4n) is 1.94. The van der Waals surface area contributed by atoms with Crippen LogP contribution in [0, 0.1) is 3.57 Å². The van der Waals surface area contributed by atoms with Crippen molar-refractivity contribution in [3.8, 4) is 0 Å². The van der Waals surface area contributed by atoms with E-state index in [1.807, 2.05) is 61.5 Å². The van der Waals surface area contributed by atoms with Crippen LogP contribution < -0.4 is 5.32 Å². The van der Waals surface area contributed by atoms with E-state index in [0.717, 1.165) is 9.13 Å². The number of benzene rings is 2. The Morgan fingerprint density at radius 3 is 2.50 bits per heavy atom. The zero-order valence-electron chi connectivity index (χ0n) is 11.1. The zero-order chi connectivity index (χ0) is 14.6. The molecule has 1 amide bonds. The maximum atomic E-state index is 12.4. The van der Waals surface area contributed by atoms with Gasteiger partial charge in [-0.05, 0) is 53.3 Å². The summed E-state index contributed by atoms with van der Waals surface area (Å²) in [6, 6.07) is 17.6. The first kappa shape index (κ1) is 15.5. The number of hydrogen-bond donors (Lipinski definition) is 1. The molecule has 2 aromatic rings. The van der Waals surface area contributed by atoms with Crippen LogP contribution in [0.5, 0.6) is 0 Å². The van der Waals surface area contributed by atoms with Crippen molar-refractivity contribution in [3.63, 3.8) is 0 Å². The second-order valence-electron chi connectivity index (χ2n) is 4.80. The van der Waals surface area contributed by atoms with Gasteiger partial charge >= 0.3 is 0 Å². The van der Waals surface area contributed by atoms with Crippen molar-refractivity contribution in [1.29, 1.82) is 0 Å². The van der Waals surface area contributed by atoms with E-state index < -0.39 is 5.54 Å². The van der Waals surface area contributed by atoms with Gasteiger partial charge in [0.1, 0.15) is 0 Å². The molecule has 20 heavy (non-hydrogen) atoms. The van der Waals surface area contributed by atoms with Crippen LogP contribution in [0.1, 0.15) is 22.8 Å². The van der Waals surface area contributed by atoms with Crippen molar-refractivity contribution in [2.45, 2.75) is 12.5 Å². The molecule has 2 nitrogen and oxygen atoms in total. The van der Waals surface area contributed by atoms with Gasteiger partial charge < -0.3 is 5.32 Å². The lowest BCUT2D eigenvalue weighted by Gasteiger charge is -2.29. The van der Waals surface area contributed by atoms with Crippen molar-refractivity contribution in [1.82, 2.24) is 5.32 Å². The molecule has 1 N–H and O–H groups in total. The minimum absolute atomic E-state index is 0.0608. The molecule has 0 bridgehead atoms. The van der Waals surface area contributed by atoms with E-state index in [0.29, 0.717) is 10.9 Å². The largest absolute Gasteiger partial charge is 0.342 e. The Balaban J connectivity index is 2.24. The third kappa shape index (κ3) is 3.61. The van der Waals surface area contributed by atoms with Gasteiger partial charge in [-0.3, -0.25) is 4.79 Å². The smallest absolute Gasteiger partial charge is 0.252 e. The van der Waals surface area contributed by atoms with Crippen molar-refractivity contribution in [2.75, 3.05) is 5.33 Å². The Hall–Kier alpha value is -0.880. The molecule has 1 atom stereocenters. The van der Waals surface area contributed by atoms with Crippen LogP contribution in [-0.2, 0) is 5.54 Å². The van der Waals surface area contributed by atoms with Gasteiger partial charge in [-0.15, -0.1) is 0 Å². The molecule has 0 saturated carbocycles. The van der Waals surface area contributed by atoms with Crippen LogP contribution in [0.15, 0.2) is 54.6 Å². The fourth-order valence-corrected chi connectivity index (χ4v) is 2.95. The van der Waals surface area contributed by atoms with E-state index in [2.05, 4.69) is 43.8 Å². The molecule has 1 unspecified atom stereocenters. The molecule has 0 heterocycles. The maximum Gasteiger partial charge on any atom is 0.252 e. The van der Waals surface area contributed by atoms with Crippen molar-refractivity contribution >= 4 is 44.4 Å². The minimum atomic E-state index is -0.431. The molecule has 104 valence electrons. The van der Waals surface area contributed by atoms with Crippen LogP contribution in [-0.4, -0.2) is 11.2 Å². The number of rotatable bonds is 4. The summed E-state index contributed by atoms with van der Waals surface area (Å²) in [6.07, 6.45) is 0. The molecule has 2 aromatic carbocycles. The van der Waals surface area contributed by atoms with E-state index in [-0.39, 0.29) is 5.91 Å². The molecule has 4 heteroatoms. The summed E-state index contributed by atoms with van der Waals surface area (Å²) in [5.41, 5.74) is 1.33. The molecule has 0 spiro atoms. The molecule has 0 saturated heterocycles. The van der Waals surface area contributed by atoms with Gasteiger partial charge in [0.2, 0.25) is 0 Å². The van der Waals surface area contributed by atoms with Crippen LogP contribution in [0.2, 0.25) is 0 Å². The average Bonchev–Trinajstić information content (AvgIpc) is 2.48. The number of carbonyl (C=O) groups excluding carboxylic acids is 1. The number of carbonyl (C=O) groups is 1. The van der Waals surface area contributed by atoms with Gasteiger partial charge in [0, 0.05) is 14.5 Å². The summed E-state index contributed by atoms with van der Waals surface area (Å²) < 4.78 is 1.05. The van der Waals surface area contributed by atoms with Gasteiger partial charge in [-0.25, -0.2) is 0 Å². The van der Waals surface area contributed by atoms with E-state index >= 15 is 0 Å². The fraction of sp³-hybridized carbons (Fsp3) is 0.188. The van der Waals surface area contributed by atoms with Gasteiger partial charge in [0.05, 0.1) is 5.54 Å². The molecular weight excluding hydrogens is 429 g/mol. The third-order valence-electron chi connectivity index (χ3n) is 3.15. The van der Waals surface area contributed by atoms with Gasteiger partial charge in [0.15, 0.2) is 0 Å². The highest BCUT2D eigenvalue weighted by Crippen LogP contribution is 2.23. The lowest BCUT2D eigenvalue weighted by Crippen LogP contribution is -2.44. The summed E-state index contributed by atoms with van der Waals surface area (Å²) in [7, 11) is 0. The summed E-state index contributed by atoms with van der Waals surface area (Å²) >= 11 is 5.72. The predicted molar refractivity (Wildman–Crippen MR) is 94.2 cm³/mol. The van der Waals surface area contributed by atoms with Crippen molar-refractivity contribution in [2.24, 2.45) is 0 Å². The maximum absolute atomic E-state index is 12.4. The summed E-state index contributed by atoms with van der Waals surface area (Å²) in [6.45, 7) is 2.02. The van der Waals surface area contributed by atoms with Crippen LogP contribution in [0.4, 0.5) is 0 Å². The summed E-state index contributed by atoms with van der Waals surface area (Å²) in [5, 5.41) is 3.77. The lowest BCUT2D eigenvalue weighted by atomic mass is 9.94. The van der Waals surface area contributed by atoms with Crippen LogP contribution in [0.3, 0.4) is 0 Å². The Kier molecular flexibility index (Phi) is 5.21. The Labute approximate surface area is 141 Å². The quantitative estimate of drug-likeness (QED) is 0.553. The monoisotopic (exact) mass is 443 g/mol. The molecule has 0 aliphatic heterocycles. The van der Waals surface area contributed by atoms with E-state index in [1.165, 1.54) is 0 Å². The van der Waals surface area contributed by atoms with Gasteiger partial charge in [-0.2, -0.15) is 0 Å². The predicted octanol–water partition coefficient (Wildman–Crippen LogP) is 4.33. The number of alkyl halides is 1. The van der Waals surface area contributed by atoms with E-state index in [4.69, 9.17) is 0 Å². The topological polar surface area (TPSA) is 29.1 Å². The molecule has 0 aliphatic rings. The molecule has 0 aromatic heterocycles. The molecule has 0 fully saturated rings. The van der Waals surface area contributed by atoms with Crippen molar-refractivity contribution in [3.05, 3.63) is 69.3 Å². The lowest BCUT2D eigenvalue weighted by molar-refractivity contribution is 0.0914. The Morgan fingerprint density at radius 2 is 1.90 bits per heavy atom. The number of hydrogen-bond acceptors (Lipinski definition) is 1. The molecule has 0 aliphatic carbocycles. The van der Waals surface area contributed by atoms with Gasteiger partial charge in [0.25, 0.3) is 5.91 Å². The van der Waals surface area contributed by atoms with Crippen LogP contribution >= 0.6 is 38.5 Å².